The maximum absolute atomic E-state index is 11.9. The molecule has 1 fully saturated rings. The first-order valence-electron chi connectivity index (χ1n) is 6.81. The Labute approximate surface area is 113 Å². The number of nitrogens with zero attached hydrogens (tertiary/aromatic N) is 1. The highest BCUT2D eigenvalue weighted by molar-refractivity contribution is 5.89. The van der Waals surface area contributed by atoms with Crippen LogP contribution in [0.1, 0.15) is 32.6 Å². The van der Waals surface area contributed by atoms with Gasteiger partial charge in [-0.2, -0.15) is 0 Å². The van der Waals surface area contributed by atoms with E-state index < -0.39 is 0 Å². The van der Waals surface area contributed by atoms with Crippen LogP contribution in [-0.4, -0.2) is 16.6 Å². The van der Waals surface area contributed by atoms with Crippen molar-refractivity contribution in [2.45, 2.75) is 38.6 Å². The van der Waals surface area contributed by atoms with Gasteiger partial charge in [0, 0.05) is 19.3 Å². The number of rotatable bonds is 2. The van der Waals surface area contributed by atoms with E-state index in [1.54, 1.807) is 25.4 Å². The SMILES string of the molecule is C[C@@H]1CCCC[C@H]1NC(=O)Nc1cccn(C)c1=O. The number of aryl methyl sites for hydroxylation is 1. The Morgan fingerprint density at radius 2 is 2.11 bits per heavy atom. The Balaban J connectivity index is 1.97. The first-order valence-corrected chi connectivity index (χ1v) is 6.81. The highest BCUT2D eigenvalue weighted by atomic mass is 16.2. The highest BCUT2D eigenvalue weighted by Crippen LogP contribution is 2.23. The molecule has 1 aromatic heterocycles. The van der Waals surface area contributed by atoms with E-state index >= 15 is 0 Å². The van der Waals surface area contributed by atoms with E-state index in [1.807, 2.05) is 0 Å². The molecular formula is C14H21N3O2. The van der Waals surface area contributed by atoms with Crippen molar-refractivity contribution in [3.63, 3.8) is 0 Å². The largest absolute Gasteiger partial charge is 0.335 e. The number of aromatic nitrogens is 1. The number of anilines is 1. The lowest BCUT2D eigenvalue weighted by Crippen LogP contribution is -2.43. The smallest absolute Gasteiger partial charge is 0.319 e. The van der Waals surface area contributed by atoms with Crippen LogP contribution in [0.25, 0.3) is 0 Å². The van der Waals surface area contributed by atoms with Crippen LogP contribution in [0.3, 0.4) is 0 Å². The molecule has 2 amide bonds. The number of hydrogen-bond donors (Lipinski definition) is 2. The lowest BCUT2D eigenvalue weighted by atomic mass is 9.86. The van der Waals surface area contributed by atoms with Crippen LogP contribution >= 0.6 is 0 Å². The van der Waals surface area contributed by atoms with E-state index in [2.05, 4.69) is 17.6 Å². The molecule has 0 aliphatic heterocycles. The van der Waals surface area contributed by atoms with Gasteiger partial charge in [-0.05, 0) is 30.9 Å². The van der Waals surface area contributed by atoms with Crippen LogP contribution in [-0.2, 0) is 7.05 Å². The summed E-state index contributed by atoms with van der Waals surface area (Å²) < 4.78 is 1.44. The van der Waals surface area contributed by atoms with Crippen molar-refractivity contribution in [2.24, 2.45) is 13.0 Å². The lowest BCUT2D eigenvalue weighted by Gasteiger charge is -2.29. The molecule has 0 bridgehead atoms. The monoisotopic (exact) mass is 263 g/mol. The Morgan fingerprint density at radius 3 is 2.84 bits per heavy atom. The first-order chi connectivity index (χ1) is 9.08. The molecule has 0 aromatic carbocycles. The molecule has 2 rings (SSSR count). The predicted molar refractivity (Wildman–Crippen MR) is 75.3 cm³/mol. The summed E-state index contributed by atoms with van der Waals surface area (Å²) in [4.78, 5) is 23.7. The van der Waals surface area contributed by atoms with Gasteiger partial charge in [0.05, 0.1) is 0 Å². The summed E-state index contributed by atoms with van der Waals surface area (Å²) in [5.74, 6) is 0.498. The molecule has 1 aliphatic rings. The van der Waals surface area contributed by atoms with Crippen molar-refractivity contribution in [3.8, 4) is 0 Å². The minimum Gasteiger partial charge on any atom is -0.335 e. The van der Waals surface area contributed by atoms with Gasteiger partial charge < -0.3 is 15.2 Å². The van der Waals surface area contributed by atoms with Crippen LogP contribution in [0.15, 0.2) is 23.1 Å². The molecule has 5 nitrogen and oxygen atoms in total. The average molecular weight is 263 g/mol. The Hall–Kier alpha value is -1.78. The van der Waals surface area contributed by atoms with Crippen LogP contribution in [0, 0.1) is 5.92 Å². The molecule has 104 valence electrons. The van der Waals surface area contributed by atoms with E-state index in [1.165, 1.54) is 11.0 Å². The Morgan fingerprint density at radius 1 is 1.37 bits per heavy atom. The van der Waals surface area contributed by atoms with Crippen molar-refractivity contribution in [1.29, 1.82) is 0 Å². The van der Waals surface area contributed by atoms with Crippen LogP contribution in [0.2, 0.25) is 0 Å². The third-order valence-electron chi connectivity index (χ3n) is 3.80. The number of carbonyl (C=O) groups excluding carboxylic acids is 1. The van der Waals surface area contributed by atoms with Crippen molar-refractivity contribution in [2.75, 3.05) is 5.32 Å². The minimum atomic E-state index is -0.290. The number of nitrogens with one attached hydrogen (secondary N) is 2. The van der Waals surface area contributed by atoms with Gasteiger partial charge in [0.15, 0.2) is 0 Å². The van der Waals surface area contributed by atoms with Crippen molar-refractivity contribution < 1.29 is 4.79 Å². The molecule has 2 atom stereocenters. The standard InChI is InChI=1S/C14H21N3O2/c1-10-6-3-4-7-11(10)15-14(19)16-12-8-5-9-17(2)13(12)18/h5,8-11H,3-4,6-7H2,1-2H3,(H2,15,16,19)/t10-,11-/m1/s1. The molecule has 5 heteroatoms. The van der Waals surface area contributed by atoms with E-state index in [9.17, 15) is 9.59 Å². The maximum atomic E-state index is 11.9. The fourth-order valence-electron chi connectivity index (χ4n) is 2.55. The third-order valence-corrected chi connectivity index (χ3v) is 3.80. The highest BCUT2D eigenvalue weighted by Gasteiger charge is 2.22. The molecule has 0 saturated heterocycles. The zero-order valence-corrected chi connectivity index (χ0v) is 11.5. The summed E-state index contributed by atoms with van der Waals surface area (Å²) in [5.41, 5.74) is 0.111. The second-order valence-electron chi connectivity index (χ2n) is 5.30. The average Bonchev–Trinajstić information content (AvgIpc) is 2.38. The van der Waals surface area contributed by atoms with Crippen LogP contribution in [0.4, 0.5) is 10.5 Å². The van der Waals surface area contributed by atoms with Crippen LogP contribution < -0.4 is 16.2 Å². The summed E-state index contributed by atoms with van der Waals surface area (Å²) >= 11 is 0. The normalized spacial score (nSPS) is 22.8. The van der Waals surface area contributed by atoms with Gasteiger partial charge in [-0.15, -0.1) is 0 Å². The van der Waals surface area contributed by atoms with Gasteiger partial charge in [-0.1, -0.05) is 19.8 Å². The fraction of sp³-hybridized carbons (Fsp3) is 0.571. The van der Waals surface area contributed by atoms with Gasteiger partial charge in [-0.25, -0.2) is 4.79 Å². The zero-order valence-electron chi connectivity index (χ0n) is 11.5. The van der Waals surface area contributed by atoms with E-state index in [0.29, 0.717) is 11.6 Å². The quantitative estimate of drug-likeness (QED) is 0.858. The molecule has 1 aliphatic carbocycles. The number of amides is 2. The number of urea groups is 1. The van der Waals surface area contributed by atoms with Gasteiger partial charge in [0.1, 0.15) is 5.69 Å². The van der Waals surface area contributed by atoms with Gasteiger partial charge in [-0.3, -0.25) is 4.79 Å². The summed E-state index contributed by atoms with van der Waals surface area (Å²) in [7, 11) is 1.66. The molecule has 0 radical (unpaired) electrons. The van der Waals surface area contributed by atoms with E-state index in [4.69, 9.17) is 0 Å². The number of carbonyl (C=O) groups is 1. The summed E-state index contributed by atoms with van der Waals surface area (Å²) in [6, 6.07) is 3.27. The van der Waals surface area contributed by atoms with E-state index in [0.717, 1.165) is 19.3 Å². The van der Waals surface area contributed by atoms with E-state index in [-0.39, 0.29) is 17.6 Å². The molecule has 2 N–H and O–H groups in total. The molecule has 0 spiro atoms. The van der Waals surface area contributed by atoms with Gasteiger partial charge in [0.2, 0.25) is 0 Å². The zero-order chi connectivity index (χ0) is 13.8. The topological polar surface area (TPSA) is 63.1 Å². The van der Waals surface area contributed by atoms with Gasteiger partial charge >= 0.3 is 6.03 Å². The molecule has 1 heterocycles. The molecule has 0 unspecified atom stereocenters. The Kier molecular flexibility index (Phi) is 4.24. The fourth-order valence-corrected chi connectivity index (χ4v) is 2.55. The summed E-state index contributed by atoms with van der Waals surface area (Å²) in [6.07, 6.45) is 6.22. The van der Waals surface area contributed by atoms with Crippen molar-refractivity contribution in [1.82, 2.24) is 9.88 Å². The van der Waals surface area contributed by atoms with Crippen LogP contribution in [0.5, 0.6) is 0 Å². The number of hydrogen-bond acceptors (Lipinski definition) is 2. The maximum Gasteiger partial charge on any atom is 0.319 e. The summed E-state index contributed by atoms with van der Waals surface area (Å²) in [5, 5.41) is 5.60. The molecule has 19 heavy (non-hydrogen) atoms. The molecule has 1 aromatic rings. The summed E-state index contributed by atoms with van der Waals surface area (Å²) in [6.45, 7) is 2.16. The van der Waals surface area contributed by atoms with Crippen molar-refractivity contribution >= 4 is 11.7 Å². The molecule has 1 saturated carbocycles. The lowest BCUT2D eigenvalue weighted by molar-refractivity contribution is 0.232. The predicted octanol–water partition coefficient (Wildman–Crippen LogP) is 2.09. The Bertz CT molecular complexity index is 510. The van der Waals surface area contributed by atoms with Gasteiger partial charge in [0.25, 0.3) is 5.56 Å². The second-order valence-corrected chi connectivity index (χ2v) is 5.30. The van der Waals surface area contributed by atoms with Crippen molar-refractivity contribution in [3.05, 3.63) is 28.7 Å². The number of pyridine rings is 1. The second kappa shape index (κ2) is 5.91. The first kappa shape index (κ1) is 13.6. The molecular weight excluding hydrogens is 242 g/mol. The minimum absolute atomic E-state index is 0.200. The third kappa shape index (κ3) is 3.36.